The van der Waals surface area contributed by atoms with E-state index in [1.165, 1.54) is 30.0 Å². The average Bonchev–Trinajstić information content (AvgIpc) is 2.80. The van der Waals surface area contributed by atoms with Gasteiger partial charge in [-0.3, -0.25) is 14.9 Å². The van der Waals surface area contributed by atoms with Gasteiger partial charge in [0.15, 0.2) is 0 Å². The first-order chi connectivity index (χ1) is 15.8. The molecule has 12 nitrogen and oxygen atoms in total. The first-order valence-electron chi connectivity index (χ1n) is 9.91. The van der Waals surface area contributed by atoms with Crippen molar-refractivity contribution in [2.24, 2.45) is 0 Å². The molecule has 1 unspecified atom stereocenters. The van der Waals surface area contributed by atoms with Crippen LogP contribution in [0.25, 0.3) is 0 Å². The van der Waals surface area contributed by atoms with Gasteiger partial charge >= 0.3 is 18.0 Å². The van der Waals surface area contributed by atoms with Crippen molar-refractivity contribution in [2.75, 3.05) is 31.8 Å². The standard InChI is InChI=1S/C20H24N4O8S/c1-3-31-18(26)14-10-21-20(28)23-16(14)11-32-19(27)15(7-8-33-2)22-17(25)12-5-4-6-13(9-12)24(29)30/h4-6,9,15H,3,7-8,10-11H2,1-2H3,(H,22,25)(H2,21,23,28). The molecule has 1 atom stereocenters. The summed E-state index contributed by atoms with van der Waals surface area (Å²) in [6, 6.07) is 3.50. The summed E-state index contributed by atoms with van der Waals surface area (Å²) in [6.07, 6.45) is 2.06. The van der Waals surface area contributed by atoms with Crippen molar-refractivity contribution in [3.63, 3.8) is 0 Å². The zero-order valence-corrected chi connectivity index (χ0v) is 18.9. The van der Waals surface area contributed by atoms with Crippen molar-refractivity contribution in [2.45, 2.75) is 19.4 Å². The number of rotatable bonds is 11. The van der Waals surface area contributed by atoms with Gasteiger partial charge in [0, 0.05) is 17.7 Å². The lowest BCUT2D eigenvalue weighted by molar-refractivity contribution is -0.384. The van der Waals surface area contributed by atoms with Crippen molar-refractivity contribution < 1.29 is 33.6 Å². The predicted molar refractivity (Wildman–Crippen MR) is 119 cm³/mol. The van der Waals surface area contributed by atoms with Crippen LogP contribution in [-0.4, -0.2) is 66.6 Å². The van der Waals surface area contributed by atoms with Gasteiger partial charge in [0.1, 0.15) is 12.6 Å². The second kappa shape index (κ2) is 12.4. The Morgan fingerprint density at radius 1 is 1.30 bits per heavy atom. The van der Waals surface area contributed by atoms with Crippen LogP contribution >= 0.6 is 11.8 Å². The van der Waals surface area contributed by atoms with Gasteiger partial charge in [-0.05, 0) is 31.4 Å². The number of nitrogens with zero attached hydrogens (tertiary/aromatic N) is 1. The number of carbonyl (C=O) groups excluding carboxylic acids is 4. The van der Waals surface area contributed by atoms with E-state index in [0.29, 0.717) is 5.75 Å². The molecule has 0 bridgehead atoms. The number of thioether (sulfide) groups is 1. The van der Waals surface area contributed by atoms with Gasteiger partial charge in [0.05, 0.1) is 29.3 Å². The van der Waals surface area contributed by atoms with Gasteiger partial charge in [-0.25, -0.2) is 14.4 Å². The van der Waals surface area contributed by atoms with Crippen LogP contribution < -0.4 is 16.0 Å². The summed E-state index contributed by atoms with van der Waals surface area (Å²) < 4.78 is 10.2. The van der Waals surface area contributed by atoms with Crippen LogP contribution in [0, 0.1) is 10.1 Å². The lowest BCUT2D eigenvalue weighted by Crippen LogP contribution is -2.46. The summed E-state index contributed by atoms with van der Waals surface area (Å²) in [7, 11) is 0. The number of non-ortho nitro benzene ring substituents is 1. The number of nitrogens with one attached hydrogen (secondary N) is 3. The minimum Gasteiger partial charge on any atom is -0.463 e. The quantitative estimate of drug-likeness (QED) is 0.239. The molecule has 33 heavy (non-hydrogen) atoms. The molecular weight excluding hydrogens is 456 g/mol. The number of hydrogen-bond donors (Lipinski definition) is 3. The molecule has 178 valence electrons. The monoisotopic (exact) mass is 480 g/mol. The molecule has 0 radical (unpaired) electrons. The van der Waals surface area contributed by atoms with Crippen molar-refractivity contribution in [3.05, 3.63) is 51.2 Å². The highest BCUT2D eigenvalue weighted by molar-refractivity contribution is 7.98. The Labute approximate surface area is 193 Å². The molecule has 3 amide bonds. The van der Waals surface area contributed by atoms with E-state index in [2.05, 4.69) is 16.0 Å². The van der Waals surface area contributed by atoms with E-state index >= 15 is 0 Å². The second-order valence-electron chi connectivity index (χ2n) is 6.71. The average molecular weight is 480 g/mol. The first kappa shape index (κ1) is 25.6. The molecule has 1 heterocycles. The summed E-state index contributed by atoms with van der Waals surface area (Å²) in [5, 5.41) is 18.3. The Bertz CT molecular complexity index is 965. The fourth-order valence-corrected chi connectivity index (χ4v) is 3.27. The van der Waals surface area contributed by atoms with Crippen LogP contribution in [0.2, 0.25) is 0 Å². The molecule has 1 aromatic rings. The third kappa shape index (κ3) is 7.49. The largest absolute Gasteiger partial charge is 0.463 e. The maximum Gasteiger partial charge on any atom is 0.337 e. The molecule has 1 aliphatic rings. The Hall–Kier alpha value is -3.61. The Morgan fingerprint density at radius 2 is 2.06 bits per heavy atom. The van der Waals surface area contributed by atoms with E-state index in [-0.39, 0.29) is 42.1 Å². The number of nitro groups is 1. The zero-order chi connectivity index (χ0) is 24.4. The molecule has 0 saturated heterocycles. The van der Waals surface area contributed by atoms with Gasteiger partial charge < -0.3 is 25.4 Å². The first-order valence-corrected chi connectivity index (χ1v) is 11.3. The Kier molecular flexibility index (Phi) is 9.66. The smallest absolute Gasteiger partial charge is 0.337 e. The summed E-state index contributed by atoms with van der Waals surface area (Å²) >= 11 is 1.45. The summed E-state index contributed by atoms with van der Waals surface area (Å²) in [4.78, 5) is 59.3. The normalized spacial score (nSPS) is 13.9. The lowest BCUT2D eigenvalue weighted by Gasteiger charge is -2.22. The molecule has 13 heteroatoms. The van der Waals surface area contributed by atoms with Gasteiger partial charge in [0.25, 0.3) is 11.6 Å². The fraction of sp³-hybridized carbons (Fsp3) is 0.400. The molecule has 2 rings (SSSR count). The maximum atomic E-state index is 12.7. The molecule has 0 aromatic heterocycles. The topological polar surface area (TPSA) is 166 Å². The summed E-state index contributed by atoms with van der Waals surface area (Å²) in [6.45, 7) is 1.26. The predicted octanol–water partition coefficient (Wildman–Crippen LogP) is 1.12. The molecule has 1 aromatic carbocycles. The number of ether oxygens (including phenoxy) is 2. The Balaban J connectivity index is 2.12. The lowest BCUT2D eigenvalue weighted by atomic mass is 10.1. The molecule has 0 saturated carbocycles. The van der Waals surface area contributed by atoms with Crippen LogP contribution in [0.4, 0.5) is 10.5 Å². The van der Waals surface area contributed by atoms with Crippen molar-refractivity contribution >= 4 is 41.3 Å². The van der Waals surface area contributed by atoms with E-state index in [0.717, 1.165) is 6.07 Å². The number of benzene rings is 1. The highest BCUT2D eigenvalue weighted by Gasteiger charge is 2.27. The van der Waals surface area contributed by atoms with Crippen molar-refractivity contribution in [1.29, 1.82) is 0 Å². The molecular formula is C20H24N4O8S. The van der Waals surface area contributed by atoms with Crippen molar-refractivity contribution in [1.82, 2.24) is 16.0 Å². The Morgan fingerprint density at radius 3 is 2.73 bits per heavy atom. The maximum absolute atomic E-state index is 12.7. The molecule has 1 aliphatic heterocycles. The number of hydrogen-bond acceptors (Lipinski definition) is 9. The van der Waals surface area contributed by atoms with Crippen LogP contribution in [0.1, 0.15) is 23.7 Å². The van der Waals surface area contributed by atoms with Crippen LogP contribution in [-0.2, 0) is 19.1 Å². The van der Waals surface area contributed by atoms with Crippen LogP contribution in [0.15, 0.2) is 35.5 Å². The van der Waals surface area contributed by atoms with Gasteiger partial charge in [-0.2, -0.15) is 11.8 Å². The molecule has 3 N–H and O–H groups in total. The summed E-state index contributed by atoms with van der Waals surface area (Å²) in [5.41, 5.74) is -0.0419. The number of amides is 3. The third-order valence-electron chi connectivity index (χ3n) is 4.45. The molecule has 0 fully saturated rings. The van der Waals surface area contributed by atoms with Gasteiger partial charge in [-0.1, -0.05) is 6.07 Å². The van der Waals surface area contributed by atoms with E-state index in [4.69, 9.17) is 9.47 Å². The highest BCUT2D eigenvalue weighted by atomic mass is 32.2. The zero-order valence-electron chi connectivity index (χ0n) is 18.0. The van der Waals surface area contributed by atoms with Gasteiger partial charge in [0.2, 0.25) is 0 Å². The van der Waals surface area contributed by atoms with Crippen molar-refractivity contribution in [3.8, 4) is 0 Å². The van der Waals surface area contributed by atoms with E-state index in [9.17, 15) is 29.3 Å². The van der Waals surface area contributed by atoms with E-state index in [1.807, 2.05) is 6.26 Å². The number of urea groups is 1. The number of carbonyl (C=O) groups is 4. The number of esters is 2. The summed E-state index contributed by atoms with van der Waals surface area (Å²) in [5.74, 6) is -1.60. The van der Waals surface area contributed by atoms with Crippen LogP contribution in [0.5, 0.6) is 0 Å². The number of nitro benzene ring substituents is 1. The molecule has 0 aliphatic carbocycles. The van der Waals surface area contributed by atoms with Gasteiger partial charge in [-0.15, -0.1) is 0 Å². The minimum atomic E-state index is -1.05. The van der Waals surface area contributed by atoms with E-state index < -0.39 is 41.4 Å². The second-order valence-corrected chi connectivity index (χ2v) is 7.69. The van der Waals surface area contributed by atoms with E-state index in [1.54, 1.807) is 6.92 Å². The molecule has 0 spiro atoms. The third-order valence-corrected chi connectivity index (χ3v) is 5.10. The van der Waals surface area contributed by atoms with Crippen LogP contribution in [0.3, 0.4) is 0 Å². The fourth-order valence-electron chi connectivity index (χ4n) is 2.80. The minimum absolute atomic E-state index is 0.0177. The SMILES string of the molecule is CCOC(=O)C1=C(COC(=O)C(CCSC)NC(=O)c2cccc([N+](=O)[O-])c2)NC(=O)NC1. The highest BCUT2D eigenvalue weighted by Crippen LogP contribution is 2.14.